The molecule has 0 aliphatic rings. The van der Waals surface area contributed by atoms with Gasteiger partial charge in [-0.1, -0.05) is 490 Å². The highest BCUT2D eigenvalue weighted by Gasteiger charge is 2.22. The molecule has 11 heteroatoms. The van der Waals surface area contributed by atoms with Crippen LogP contribution in [-0.2, 0) is 6.42 Å². The molecule has 1 heterocycles. The molecule has 0 aliphatic carbocycles. The van der Waals surface area contributed by atoms with Crippen LogP contribution in [0.5, 0.6) is 34.5 Å². The number of nitrogens with zero attached hydrogens (tertiary/aromatic N) is 3. The smallest absolute Gasteiger partial charge is 0.232 e. The fourth-order valence-electron chi connectivity index (χ4n) is 16.4. The third-order valence-corrected chi connectivity index (χ3v) is 24.2. The summed E-state index contributed by atoms with van der Waals surface area (Å²) in [6.45, 7) is 21.7. The lowest BCUT2D eigenvalue weighted by atomic mass is 10.1. The number of hydrogen-bond donors (Lipinski definition) is 2. The summed E-state index contributed by atoms with van der Waals surface area (Å²) in [4.78, 5) is 15.7. The Hall–Kier alpha value is -4.93. The van der Waals surface area contributed by atoms with E-state index in [0.717, 1.165) is 99.6 Å². The summed E-state index contributed by atoms with van der Waals surface area (Å²) >= 11 is 0. The number of ether oxygens (including phenoxy) is 6. The highest BCUT2D eigenvalue weighted by molar-refractivity contribution is 5.70. The zero-order valence-electron chi connectivity index (χ0n) is 78.5. The van der Waals surface area contributed by atoms with Crippen molar-refractivity contribution < 1.29 is 28.4 Å². The van der Waals surface area contributed by atoms with Gasteiger partial charge in [0.15, 0.2) is 28.8 Å². The average molecular weight is 1640 g/mol. The third-order valence-electron chi connectivity index (χ3n) is 24.2. The Labute approximate surface area is 729 Å². The molecule has 1 aromatic heterocycles. The maximum Gasteiger partial charge on any atom is 0.232 e. The topological polar surface area (TPSA) is 118 Å². The Morgan fingerprint density at radius 2 is 0.398 bits per heavy atom. The molecule has 118 heavy (non-hydrogen) atoms. The summed E-state index contributed by atoms with van der Waals surface area (Å²) in [6, 6.07) is 16.8. The van der Waals surface area contributed by atoms with Gasteiger partial charge >= 0.3 is 0 Å². The summed E-state index contributed by atoms with van der Waals surface area (Å²) in [5, 5.41) is 7.43. The summed E-state index contributed by atoms with van der Waals surface area (Å²) in [5.74, 6) is 5.51. The van der Waals surface area contributed by atoms with Crippen LogP contribution in [0.2, 0.25) is 0 Å². The zero-order chi connectivity index (χ0) is 83.8. The molecule has 0 saturated carbocycles. The van der Waals surface area contributed by atoms with Gasteiger partial charge in [0.2, 0.25) is 23.4 Å². The van der Waals surface area contributed by atoms with Crippen LogP contribution in [0, 0.1) is 6.92 Å². The van der Waals surface area contributed by atoms with Crippen molar-refractivity contribution in [2.45, 2.75) is 510 Å². The van der Waals surface area contributed by atoms with Crippen molar-refractivity contribution in [3.8, 4) is 45.9 Å². The Kier molecular flexibility index (Phi) is 70.8. The summed E-state index contributed by atoms with van der Waals surface area (Å²) < 4.78 is 41.7. The van der Waals surface area contributed by atoms with Crippen LogP contribution in [0.15, 0.2) is 48.5 Å². The van der Waals surface area contributed by atoms with Crippen LogP contribution in [-0.4, -0.2) is 54.6 Å². The lowest BCUT2D eigenvalue weighted by Crippen LogP contribution is -2.09. The average Bonchev–Trinajstić information content (AvgIpc) is 0.808. The van der Waals surface area contributed by atoms with Crippen LogP contribution in [0.25, 0.3) is 11.4 Å². The van der Waals surface area contributed by atoms with Crippen LogP contribution in [0.3, 0.4) is 0 Å². The monoisotopic (exact) mass is 1640 g/mol. The molecule has 11 nitrogen and oxygen atoms in total. The molecule has 4 aromatic rings. The minimum absolute atomic E-state index is 0.395. The number of aromatic nitrogens is 3. The molecule has 0 aliphatic heterocycles. The minimum atomic E-state index is 0.395. The number of hydrogen-bond acceptors (Lipinski definition) is 11. The van der Waals surface area contributed by atoms with Crippen molar-refractivity contribution in [1.82, 2.24) is 15.0 Å². The van der Waals surface area contributed by atoms with Crippen LogP contribution >= 0.6 is 0 Å². The number of nitrogens with one attached hydrogen (secondary N) is 2. The first-order valence-corrected chi connectivity index (χ1v) is 51.8. The largest absolute Gasteiger partial charge is 0.489 e. The van der Waals surface area contributed by atoms with Gasteiger partial charge in [0, 0.05) is 41.2 Å². The molecule has 0 atom stereocenters. The highest BCUT2D eigenvalue weighted by Crippen LogP contribution is 2.44. The molecule has 0 bridgehead atoms. The van der Waals surface area contributed by atoms with E-state index in [1.54, 1.807) is 0 Å². The van der Waals surface area contributed by atoms with Gasteiger partial charge in [-0.3, -0.25) is 0 Å². The fraction of sp³-hybridized carbons (Fsp3) is 0.794. The van der Waals surface area contributed by atoms with Crippen molar-refractivity contribution in [3.05, 3.63) is 61.0 Å². The molecule has 0 fully saturated rings. The minimum Gasteiger partial charge on any atom is -0.489 e. The number of rotatable bonds is 90. The summed E-state index contributed by atoms with van der Waals surface area (Å²) in [7, 11) is 0. The zero-order valence-corrected chi connectivity index (χ0v) is 78.5. The van der Waals surface area contributed by atoms with Crippen molar-refractivity contribution in [1.29, 1.82) is 0 Å². The summed E-state index contributed by atoms with van der Waals surface area (Å²) in [6.07, 6.45) is 93.8. The van der Waals surface area contributed by atoms with E-state index in [9.17, 15) is 0 Å². The lowest BCUT2D eigenvalue weighted by Gasteiger charge is -2.20. The second-order valence-corrected chi connectivity index (χ2v) is 35.5. The van der Waals surface area contributed by atoms with Crippen molar-refractivity contribution >= 4 is 23.3 Å². The van der Waals surface area contributed by atoms with E-state index in [0.29, 0.717) is 98.3 Å². The molecular formula is C107H188N5O6. The number of unbranched alkanes of at least 4 members (excludes halogenated alkanes) is 66. The van der Waals surface area contributed by atoms with Crippen LogP contribution in [0.4, 0.5) is 23.3 Å². The van der Waals surface area contributed by atoms with Crippen molar-refractivity contribution in [3.63, 3.8) is 0 Å². The van der Waals surface area contributed by atoms with Crippen molar-refractivity contribution in [2.24, 2.45) is 0 Å². The van der Waals surface area contributed by atoms with Gasteiger partial charge in [-0.15, -0.1) is 0 Å². The van der Waals surface area contributed by atoms with Gasteiger partial charge in [0.05, 0.1) is 39.6 Å². The van der Waals surface area contributed by atoms with Gasteiger partial charge in [0.1, 0.15) is 0 Å². The first-order valence-electron chi connectivity index (χ1n) is 51.8. The van der Waals surface area contributed by atoms with Crippen LogP contribution in [0.1, 0.15) is 509 Å². The van der Waals surface area contributed by atoms with Gasteiger partial charge in [0.25, 0.3) is 0 Å². The molecule has 1 radical (unpaired) electrons. The molecular weight excluding hydrogens is 1450 g/mol. The Balaban J connectivity index is 1.72. The second kappa shape index (κ2) is 79.3. The molecule has 4 rings (SSSR count). The maximum atomic E-state index is 6.96. The molecule has 677 valence electrons. The second-order valence-electron chi connectivity index (χ2n) is 35.5. The lowest BCUT2D eigenvalue weighted by molar-refractivity contribution is 0.234. The quantitative estimate of drug-likeness (QED) is 0.0412. The van der Waals surface area contributed by atoms with Crippen molar-refractivity contribution in [2.75, 3.05) is 50.3 Å². The van der Waals surface area contributed by atoms with E-state index in [1.807, 2.05) is 0 Å². The first-order chi connectivity index (χ1) is 58.5. The molecule has 0 saturated heterocycles. The van der Waals surface area contributed by atoms with E-state index >= 15 is 0 Å². The first kappa shape index (κ1) is 105. The maximum absolute atomic E-state index is 6.96. The Morgan fingerprint density at radius 1 is 0.220 bits per heavy atom. The van der Waals surface area contributed by atoms with E-state index in [1.165, 1.54) is 385 Å². The SMILES string of the molecule is [CH2]Cc1ccc(-c2nc(Nc3cc(OCCCCCCCCCCCCCC)c(OCCCCCCCCCCCCCC)c(OCCCCCCCCCCCCCC)c3)nc(Nc3cc(OCCCCCCCCCCCCCC)c(OCCCCCCCCCCCCCC)c(OCCCCCCCCCCCCCC)c3)n2)cc1. The van der Waals surface area contributed by atoms with Gasteiger partial charge in [-0.05, 0) is 57.4 Å². The number of anilines is 4. The van der Waals surface area contributed by atoms with Crippen LogP contribution < -0.4 is 39.1 Å². The van der Waals surface area contributed by atoms with E-state index in [2.05, 4.69) is 108 Å². The molecule has 0 unspecified atom stereocenters. The van der Waals surface area contributed by atoms with Gasteiger partial charge in [-0.25, -0.2) is 0 Å². The molecule has 3 aromatic carbocycles. The van der Waals surface area contributed by atoms with Gasteiger partial charge in [-0.2, -0.15) is 15.0 Å². The summed E-state index contributed by atoms with van der Waals surface area (Å²) in [5.41, 5.74) is 3.55. The molecule has 2 N–H and O–H groups in total. The highest BCUT2D eigenvalue weighted by atomic mass is 16.5. The molecule has 0 spiro atoms. The predicted molar refractivity (Wildman–Crippen MR) is 513 cm³/mol. The standard InChI is InChI=1S/C107H188N5O6/c1-8-15-21-27-33-39-45-51-57-63-69-75-85-113-99-91-97(92-100(114-86-76-70-64-58-52-46-40-34-28-22-16-9-2)103(99)117-89-79-73-67-61-55-49-43-37-31-25-19-12-5)108-106-110-105(96-83-81-95(14-7)82-84-96)111-107(112-106)109-98-93-101(115-87-77-71-65-59-53-47-41-35-29-23-17-10-3)104(118-90-80-74-68-62-56-50-44-38-32-26-20-13-6)102(94-98)116-88-78-72-66-60-54-48-42-36-30-24-18-11-4/h81-84,91-94H,7-80,85-90H2,1-6H3,(H2,108,109,110,111,112). The number of benzene rings is 3. The predicted octanol–water partition coefficient (Wildman–Crippen LogP) is 35.9. The Morgan fingerprint density at radius 3 is 0.585 bits per heavy atom. The fourth-order valence-corrected chi connectivity index (χ4v) is 16.4. The molecule has 0 amide bonds. The Bertz CT molecular complexity index is 2570. The third kappa shape index (κ3) is 57.4. The van der Waals surface area contributed by atoms with E-state index in [-0.39, 0.29) is 0 Å². The van der Waals surface area contributed by atoms with E-state index < -0.39 is 0 Å². The van der Waals surface area contributed by atoms with E-state index in [4.69, 9.17) is 43.4 Å². The van der Waals surface area contributed by atoms with Gasteiger partial charge < -0.3 is 39.1 Å². The normalized spacial score (nSPS) is 11.5.